The number of halogens is 1. The minimum atomic E-state index is -0.532. The molecular weight excluding hydrogens is 249 g/mol. The van der Waals surface area contributed by atoms with Crippen molar-refractivity contribution in [1.82, 2.24) is 14.9 Å². The van der Waals surface area contributed by atoms with E-state index in [-0.39, 0.29) is 18.3 Å². The van der Waals surface area contributed by atoms with Gasteiger partial charge in [-0.3, -0.25) is 4.79 Å². The fourth-order valence-corrected chi connectivity index (χ4v) is 2.09. The zero-order valence-electron chi connectivity index (χ0n) is 11.2. The number of likely N-dealkylation sites (N-methyl/N-ethyl adjacent to an activating group) is 1. The normalized spacial score (nSPS) is 14.6. The highest BCUT2D eigenvalue weighted by molar-refractivity contribution is 5.81. The Kier molecular flexibility index (Phi) is 4.13. The maximum atomic E-state index is 13.7. The van der Waals surface area contributed by atoms with Crippen molar-refractivity contribution >= 4 is 17.7 Å². The van der Waals surface area contributed by atoms with Crippen LogP contribution in [-0.2, 0) is 4.79 Å². The molecule has 0 aromatic carbocycles. The topological polar surface area (TPSA) is 61.4 Å². The van der Waals surface area contributed by atoms with Gasteiger partial charge in [-0.25, -0.2) is 9.37 Å². The van der Waals surface area contributed by atoms with Crippen molar-refractivity contribution in [1.29, 1.82) is 0 Å². The lowest BCUT2D eigenvalue weighted by molar-refractivity contribution is -0.128. The molecule has 0 radical (unpaired) electrons. The second kappa shape index (κ2) is 5.81. The predicted molar refractivity (Wildman–Crippen MR) is 70.6 cm³/mol. The molecule has 2 heterocycles. The summed E-state index contributed by atoms with van der Waals surface area (Å²) in [5.74, 6) is -0.0662. The van der Waals surface area contributed by atoms with Gasteiger partial charge in [0.1, 0.15) is 0 Å². The van der Waals surface area contributed by atoms with Crippen LogP contribution in [0.15, 0.2) is 6.20 Å². The first-order valence-electron chi connectivity index (χ1n) is 6.31. The summed E-state index contributed by atoms with van der Waals surface area (Å²) in [5, 5.41) is 2.75. The van der Waals surface area contributed by atoms with Crippen molar-refractivity contribution in [3.8, 4) is 0 Å². The Hall–Kier alpha value is -1.92. The number of rotatable bonds is 4. The van der Waals surface area contributed by atoms with Gasteiger partial charge < -0.3 is 15.1 Å². The number of hydrogen-bond donors (Lipinski definition) is 1. The second-order valence-electron chi connectivity index (χ2n) is 4.56. The van der Waals surface area contributed by atoms with Gasteiger partial charge >= 0.3 is 0 Å². The van der Waals surface area contributed by atoms with E-state index in [9.17, 15) is 9.18 Å². The maximum Gasteiger partial charge on any atom is 0.242 e. The zero-order chi connectivity index (χ0) is 13.8. The van der Waals surface area contributed by atoms with Crippen LogP contribution in [-0.4, -0.2) is 54.5 Å². The van der Waals surface area contributed by atoms with Crippen molar-refractivity contribution in [3.63, 3.8) is 0 Å². The Morgan fingerprint density at radius 3 is 2.84 bits per heavy atom. The van der Waals surface area contributed by atoms with E-state index in [1.165, 1.54) is 4.90 Å². The van der Waals surface area contributed by atoms with Crippen LogP contribution in [0.4, 0.5) is 16.2 Å². The van der Waals surface area contributed by atoms with Gasteiger partial charge in [0.2, 0.25) is 11.9 Å². The smallest absolute Gasteiger partial charge is 0.242 e. The molecule has 0 unspecified atom stereocenters. The Bertz CT molecular complexity index is 461. The fourth-order valence-electron chi connectivity index (χ4n) is 2.09. The van der Waals surface area contributed by atoms with Gasteiger partial charge in [-0.1, -0.05) is 0 Å². The monoisotopic (exact) mass is 267 g/mol. The predicted octanol–water partition coefficient (Wildman–Crippen LogP) is 0.716. The largest absolute Gasteiger partial charge is 0.357 e. The number of hydrogen-bond acceptors (Lipinski definition) is 5. The van der Waals surface area contributed by atoms with Crippen LogP contribution in [0.1, 0.15) is 12.8 Å². The van der Waals surface area contributed by atoms with E-state index in [1.54, 1.807) is 19.0 Å². The van der Waals surface area contributed by atoms with Gasteiger partial charge in [-0.05, 0) is 12.8 Å². The van der Waals surface area contributed by atoms with E-state index >= 15 is 0 Å². The number of likely N-dealkylation sites (tertiary alicyclic amines) is 1. The van der Waals surface area contributed by atoms with E-state index in [0.29, 0.717) is 5.95 Å². The van der Waals surface area contributed by atoms with Gasteiger partial charge in [0.15, 0.2) is 11.6 Å². The summed E-state index contributed by atoms with van der Waals surface area (Å²) < 4.78 is 13.7. The van der Waals surface area contributed by atoms with Gasteiger partial charge in [0, 0.05) is 27.2 Å². The molecular formula is C12H18FN5O. The van der Waals surface area contributed by atoms with Crippen molar-refractivity contribution in [2.24, 2.45) is 0 Å². The molecule has 1 amide bonds. The van der Waals surface area contributed by atoms with E-state index in [0.717, 1.165) is 32.1 Å². The standard InChI is InChI=1S/C12H18FN5O/c1-14-12-15-7-9(13)11(16-12)17(2)8-10(19)18-5-3-4-6-18/h7H,3-6,8H2,1-2H3,(H,14,15,16). The van der Waals surface area contributed by atoms with Crippen LogP contribution in [0.25, 0.3) is 0 Å². The SMILES string of the molecule is CNc1ncc(F)c(N(C)CC(=O)N2CCCC2)n1. The van der Waals surface area contributed by atoms with Crippen molar-refractivity contribution in [2.75, 3.05) is 43.9 Å². The molecule has 1 aromatic rings. The molecule has 2 rings (SSSR count). The fraction of sp³-hybridized carbons (Fsp3) is 0.583. The number of amides is 1. The third-order valence-electron chi connectivity index (χ3n) is 3.14. The Labute approximate surface area is 111 Å². The van der Waals surface area contributed by atoms with Crippen molar-refractivity contribution in [2.45, 2.75) is 12.8 Å². The minimum absolute atomic E-state index is 0.00372. The second-order valence-corrected chi connectivity index (χ2v) is 4.56. The first kappa shape index (κ1) is 13.5. The zero-order valence-corrected chi connectivity index (χ0v) is 11.2. The molecule has 1 aliphatic heterocycles. The molecule has 0 spiro atoms. The molecule has 0 aliphatic carbocycles. The lowest BCUT2D eigenvalue weighted by Crippen LogP contribution is -2.37. The average molecular weight is 267 g/mol. The van der Waals surface area contributed by atoms with Crippen molar-refractivity contribution in [3.05, 3.63) is 12.0 Å². The van der Waals surface area contributed by atoms with Crippen molar-refractivity contribution < 1.29 is 9.18 Å². The highest BCUT2D eigenvalue weighted by Gasteiger charge is 2.21. The number of nitrogens with one attached hydrogen (secondary N) is 1. The molecule has 1 N–H and O–H groups in total. The summed E-state index contributed by atoms with van der Waals surface area (Å²) in [4.78, 5) is 23.1. The Morgan fingerprint density at radius 1 is 1.53 bits per heavy atom. The lowest BCUT2D eigenvalue weighted by atomic mass is 10.4. The molecule has 0 bridgehead atoms. The van der Waals surface area contributed by atoms with Gasteiger partial charge in [0.05, 0.1) is 12.7 Å². The van der Waals surface area contributed by atoms with E-state index in [4.69, 9.17) is 0 Å². The molecule has 1 saturated heterocycles. The van der Waals surface area contributed by atoms with Gasteiger partial charge in [0.25, 0.3) is 0 Å². The lowest BCUT2D eigenvalue weighted by Gasteiger charge is -2.22. The van der Waals surface area contributed by atoms with Crippen LogP contribution in [0.3, 0.4) is 0 Å². The molecule has 1 aromatic heterocycles. The summed E-state index contributed by atoms with van der Waals surface area (Å²) in [6.07, 6.45) is 3.19. The summed E-state index contributed by atoms with van der Waals surface area (Å²) in [6.45, 7) is 1.71. The van der Waals surface area contributed by atoms with Crippen LogP contribution in [0, 0.1) is 5.82 Å². The van der Waals surface area contributed by atoms with Gasteiger partial charge in [-0.2, -0.15) is 4.98 Å². The van der Waals surface area contributed by atoms with Crippen LogP contribution in [0.5, 0.6) is 0 Å². The van der Waals surface area contributed by atoms with Crippen LogP contribution in [0.2, 0.25) is 0 Å². The summed E-state index contributed by atoms with van der Waals surface area (Å²) in [5.41, 5.74) is 0. The van der Waals surface area contributed by atoms with Crippen LogP contribution < -0.4 is 10.2 Å². The quantitative estimate of drug-likeness (QED) is 0.871. The number of anilines is 2. The molecule has 6 nitrogen and oxygen atoms in total. The molecule has 7 heteroatoms. The number of carbonyl (C=O) groups excluding carboxylic acids is 1. The highest BCUT2D eigenvalue weighted by atomic mass is 19.1. The third kappa shape index (κ3) is 3.10. The Balaban J connectivity index is 2.06. The van der Waals surface area contributed by atoms with E-state index < -0.39 is 5.82 Å². The molecule has 19 heavy (non-hydrogen) atoms. The maximum absolute atomic E-state index is 13.7. The Morgan fingerprint density at radius 2 is 2.21 bits per heavy atom. The van der Waals surface area contributed by atoms with Gasteiger partial charge in [-0.15, -0.1) is 0 Å². The summed E-state index contributed by atoms with van der Waals surface area (Å²) >= 11 is 0. The number of nitrogens with zero attached hydrogens (tertiary/aromatic N) is 4. The molecule has 104 valence electrons. The number of carbonyl (C=O) groups is 1. The number of aromatic nitrogens is 2. The minimum Gasteiger partial charge on any atom is -0.357 e. The third-order valence-corrected chi connectivity index (χ3v) is 3.14. The molecule has 0 saturated carbocycles. The first-order chi connectivity index (χ1) is 9.11. The van der Waals surface area contributed by atoms with E-state index in [1.807, 2.05) is 0 Å². The molecule has 1 aliphatic rings. The summed E-state index contributed by atoms with van der Waals surface area (Å²) in [6, 6.07) is 0. The highest BCUT2D eigenvalue weighted by Crippen LogP contribution is 2.16. The first-order valence-corrected chi connectivity index (χ1v) is 6.31. The molecule has 1 fully saturated rings. The van der Waals surface area contributed by atoms with Crippen LogP contribution >= 0.6 is 0 Å². The molecule has 0 atom stereocenters. The summed E-state index contributed by atoms with van der Waals surface area (Å²) in [7, 11) is 3.31. The average Bonchev–Trinajstić information content (AvgIpc) is 2.93. The van der Waals surface area contributed by atoms with E-state index in [2.05, 4.69) is 15.3 Å².